The molecule has 55 valence electrons. The molecule has 10 heavy (non-hydrogen) atoms. The van der Waals surface area contributed by atoms with E-state index in [1.54, 1.807) is 0 Å². The molecule has 0 aromatic rings. The fourth-order valence-electron chi connectivity index (χ4n) is 1.15. The number of nitrogens with zero attached hydrogens (tertiary/aromatic N) is 3. The minimum absolute atomic E-state index is 0.923. The van der Waals surface area contributed by atoms with Crippen molar-refractivity contribution in [2.75, 3.05) is 19.6 Å². The van der Waals surface area contributed by atoms with Crippen molar-refractivity contribution in [1.82, 2.24) is 21.1 Å². The lowest BCUT2D eigenvalue weighted by Crippen LogP contribution is -2.45. The molecule has 4 nitrogen and oxygen atoms in total. The second-order valence-corrected chi connectivity index (χ2v) is 2.41. The van der Waals surface area contributed by atoms with Crippen LogP contribution in [0.25, 0.3) is 0 Å². The summed E-state index contributed by atoms with van der Waals surface area (Å²) in [6.07, 6.45) is 5.26. The van der Waals surface area contributed by atoms with Crippen LogP contribution in [0.5, 0.6) is 0 Å². The molecule has 0 amide bonds. The van der Waals surface area contributed by atoms with Gasteiger partial charge < -0.3 is 0 Å². The third-order valence-electron chi connectivity index (χ3n) is 1.65. The summed E-state index contributed by atoms with van der Waals surface area (Å²) < 4.78 is 0. The van der Waals surface area contributed by atoms with E-state index in [9.17, 15) is 0 Å². The van der Waals surface area contributed by atoms with Crippen molar-refractivity contribution in [1.29, 1.82) is 0 Å². The number of nitrogens with one attached hydrogen (secondary N) is 1. The van der Waals surface area contributed by atoms with Crippen LogP contribution in [-0.2, 0) is 0 Å². The first-order valence-electron chi connectivity index (χ1n) is 3.61. The molecule has 2 aliphatic rings. The molecule has 0 unspecified atom stereocenters. The summed E-state index contributed by atoms with van der Waals surface area (Å²) in [4.78, 5) is 0. The fraction of sp³-hybridized carbons (Fsp3) is 0.667. The molecule has 2 heterocycles. The Labute approximate surface area is 60.4 Å². The molecule has 4 heteroatoms. The molecule has 1 N–H and O–H groups in total. The average Bonchev–Trinajstić information content (AvgIpc) is 2.59. The molecule has 0 bridgehead atoms. The lowest BCUT2D eigenvalue weighted by molar-refractivity contribution is -0.0350. The standard InChI is InChI=1S/C6H11N4/c1-3-7-9(5-1)10-6-2-4-8-10/h1,5,7H,2-4,6H2. The summed E-state index contributed by atoms with van der Waals surface area (Å²) in [6, 6.07) is 0. The molecule has 1 fully saturated rings. The van der Waals surface area contributed by atoms with E-state index in [1.165, 1.54) is 6.42 Å². The molecular weight excluding hydrogens is 128 g/mol. The molecule has 2 rings (SSSR count). The predicted octanol–water partition coefficient (Wildman–Crippen LogP) is -0.540. The van der Waals surface area contributed by atoms with Crippen LogP contribution in [0.1, 0.15) is 6.42 Å². The molecule has 0 aromatic heterocycles. The van der Waals surface area contributed by atoms with Gasteiger partial charge in [0.15, 0.2) is 0 Å². The molecule has 0 saturated carbocycles. The molecule has 0 aromatic carbocycles. The third kappa shape index (κ3) is 1.01. The zero-order chi connectivity index (χ0) is 6.81. The van der Waals surface area contributed by atoms with Gasteiger partial charge in [0.05, 0.1) is 0 Å². The van der Waals surface area contributed by atoms with Crippen LogP contribution < -0.4 is 10.9 Å². The van der Waals surface area contributed by atoms with E-state index in [-0.39, 0.29) is 0 Å². The third-order valence-corrected chi connectivity index (χ3v) is 1.65. The van der Waals surface area contributed by atoms with Crippen molar-refractivity contribution in [3.8, 4) is 0 Å². The van der Waals surface area contributed by atoms with Gasteiger partial charge in [-0.3, -0.25) is 0 Å². The normalized spacial score (nSPS) is 26.6. The largest absolute Gasteiger partial charge is 0.231 e. The van der Waals surface area contributed by atoms with Gasteiger partial charge >= 0.3 is 0 Å². The van der Waals surface area contributed by atoms with Gasteiger partial charge in [-0.25, -0.2) is 10.5 Å². The lowest BCUT2D eigenvalue weighted by Gasteiger charge is -2.24. The van der Waals surface area contributed by atoms with Gasteiger partial charge in [0.2, 0.25) is 0 Å². The van der Waals surface area contributed by atoms with Gasteiger partial charge in [0.1, 0.15) is 0 Å². The van der Waals surface area contributed by atoms with Gasteiger partial charge in [-0.05, 0) is 12.5 Å². The summed E-state index contributed by atoms with van der Waals surface area (Å²) >= 11 is 0. The van der Waals surface area contributed by atoms with Gasteiger partial charge in [-0.1, -0.05) is 0 Å². The highest BCUT2D eigenvalue weighted by Crippen LogP contribution is 2.04. The topological polar surface area (TPSA) is 32.6 Å². The fourth-order valence-corrected chi connectivity index (χ4v) is 1.15. The maximum Gasteiger partial charge on any atom is 0.0385 e. The lowest BCUT2D eigenvalue weighted by atomic mass is 10.5. The zero-order valence-electron chi connectivity index (χ0n) is 5.82. The molecule has 1 radical (unpaired) electrons. The Bertz CT molecular complexity index is 139. The summed E-state index contributed by atoms with van der Waals surface area (Å²) in [6.45, 7) is 2.93. The van der Waals surface area contributed by atoms with Crippen LogP contribution in [-0.4, -0.2) is 29.9 Å². The number of hydrogen-bond acceptors (Lipinski definition) is 3. The molecule has 2 aliphatic heterocycles. The first kappa shape index (κ1) is 6.15. The minimum atomic E-state index is 0.923. The number of hydrogen-bond donors (Lipinski definition) is 1. The van der Waals surface area contributed by atoms with Crippen molar-refractivity contribution in [2.45, 2.75) is 6.42 Å². The van der Waals surface area contributed by atoms with E-state index in [0.29, 0.717) is 0 Å². The highest BCUT2D eigenvalue weighted by molar-refractivity contribution is 4.88. The predicted molar refractivity (Wildman–Crippen MR) is 37.3 cm³/mol. The van der Waals surface area contributed by atoms with E-state index in [0.717, 1.165) is 19.6 Å². The van der Waals surface area contributed by atoms with Crippen molar-refractivity contribution in [3.05, 3.63) is 12.3 Å². The van der Waals surface area contributed by atoms with Crippen LogP contribution >= 0.6 is 0 Å². The van der Waals surface area contributed by atoms with Crippen LogP contribution in [0.2, 0.25) is 0 Å². The maximum atomic E-state index is 4.26. The highest BCUT2D eigenvalue weighted by Gasteiger charge is 2.18. The van der Waals surface area contributed by atoms with E-state index >= 15 is 0 Å². The second-order valence-electron chi connectivity index (χ2n) is 2.41. The van der Waals surface area contributed by atoms with Gasteiger partial charge in [0, 0.05) is 25.8 Å². The molecule has 0 aliphatic carbocycles. The Kier molecular flexibility index (Phi) is 1.58. The van der Waals surface area contributed by atoms with Gasteiger partial charge in [-0.15, -0.1) is 10.5 Å². The van der Waals surface area contributed by atoms with Gasteiger partial charge in [0.25, 0.3) is 0 Å². The first-order valence-corrected chi connectivity index (χ1v) is 3.61. The summed E-state index contributed by atoms with van der Waals surface area (Å²) in [7, 11) is 0. The molecule has 0 spiro atoms. The number of hydrazine groups is 2. The summed E-state index contributed by atoms with van der Waals surface area (Å²) in [5.41, 5.74) is 7.42. The molecule has 1 saturated heterocycles. The number of rotatable bonds is 1. The summed E-state index contributed by atoms with van der Waals surface area (Å²) in [5, 5.41) is 3.90. The highest BCUT2D eigenvalue weighted by atomic mass is 15.9. The Morgan fingerprint density at radius 1 is 1.50 bits per heavy atom. The van der Waals surface area contributed by atoms with E-state index in [2.05, 4.69) is 16.9 Å². The van der Waals surface area contributed by atoms with Crippen molar-refractivity contribution in [3.63, 3.8) is 0 Å². The van der Waals surface area contributed by atoms with Crippen molar-refractivity contribution in [2.24, 2.45) is 0 Å². The SMILES string of the molecule is C1=CN(N2CCC[N]2)NC1. The Morgan fingerprint density at radius 3 is 3.10 bits per heavy atom. The maximum absolute atomic E-state index is 4.26. The minimum Gasteiger partial charge on any atom is -0.231 e. The second kappa shape index (κ2) is 2.57. The van der Waals surface area contributed by atoms with Gasteiger partial charge in [-0.2, -0.15) is 0 Å². The van der Waals surface area contributed by atoms with Crippen molar-refractivity contribution < 1.29 is 0 Å². The van der Waals surface area contributed by atoms with E-state index in [1.807, 2.05) is 16.4 Å². The Balaban J connectivity index is 1.91. The quantitative estimate of drug-likeness (QED) is 0.529. The van der Waals surface area contributed by atoms with Crippen molar-refractivity contribution >= 4 is 0 Å². The Hall–Kier alpha value is -0.580. The molecular formula is C6H11N4. The van der Waals surface area contributed by atoms with Crippen LogP contribution in [0.3, 0.4) is 0 Å². The van der Waals surface area contributed by atoms with Crippen LogP contribution in [0, 0.1) is 0 Å². The zero-order valence-corrected chi connectivity index (χ0v) is 5.82. The van der Waals surface area contributed by atoms with E-state index in [4.69, 9.17) is 0 Å². The van der Waals surface area contributed by atoms with Crippen LogP contribution in [0.4, 0.5) is 0 Å². The smallest absolute Gasteiger partial charge is 0.0385 e. The monoisotopic (exact) mass is 139 g/mol. The summed E-state index contributed by atoms with van der Waals surface area (Å²) in [5.74, 6) is 0. The van der Waals surface area contributed by atoms with Crippen LogP contribution in [0.15, 0.2) is 12.3 Å². The Morgan fingerprint density at radius 2 is 2.50 bits per heavy atom. The first-order chi connectivity index (χ1) is 4.97. The molecule has 0 atom stereocenters. The van der Waals surface area contributed by atoms with E-state index < -0.39 is 0 Å². The average molecular weight is 139 g/mol.